The summed E-state index contributed by atoms with van der Waals surface area (Å²) in [5.74, 6) is -0.386. The number of carboxylic acids is 1. The highest BCUT2D eigenvalue weighted by molar-refractivity contribution is 7.99. The van der Waals surface area contributed by atoms with Crippen molar-refractivity contribution in [2.24, 2.45) is 0 Å². The number of aliphatic carboxylic acids is 1. The molecule has 0 spiro atoms. The van der Waals surface area contributed by atoms with Crippen molar-refractivity contribution < 1.29 is 23.1 Å². The molecule has 0 aromatic rings. The Morgan fingerprint density at radius 3 is 2.70 bits per heavy atom. The van der Waals surface area contributed by atoms with Crippen molar-refractivity contribution in [3.8, 4) is 0 Å². The molecule has 1 amide bonds. The van der Waals surface area contributed by atoms with Gasteiger partial charge in [0, 0.05) is 6.54 Å². The van der Waals surface area contributed by atoms with E-state index >= 15 is 0 Å². The van der Waals surface area contributed by atoms with Crippen molar-refractivity contribution in [3.05, 3.63) is 0 Å². The van der Waals surface area contributed by atoms with Crippen LogP contribution in [0.25, 0.3) is 0 Å². The fraction of sp³-hybridized carbons (Fsp3) is 0.833. The summed E-state index contributed by atoms with van der Waals surface area (Å²) in [7, 11) is -3.24. The largest absolute Gasteiger partial charge is 0.481 e. The molecule has 1 saturated heterocycles. The quantitative estimate of drug-likeness (QED) is 0.691. The Morgan fingerprint density at radius 1 is 1.40 bits per heavy atom. The summed E-state index contributed by atoms with van der Waals surface area (Å²) in [6, 6.07) is -0.731. The first-order chi connectivity index (χ1) is 9.35. The molecule has 6 nitrogen and oxygen atoms in total. The first kappa shape index (κ1) is 17.3. The van der Waals surface area contributed by atoms with E-state index in [0.717, 1.165) is 18.6 Å². The predicted molar refractivity (Wildman–Crippen MR) is 78.6 cm³/mol. The minimum absolute atomic E-state index is 0.0749. The Labute approximate surface area is 123 Å². The Bertz CT molecular complexity index is 449. The molecule has 116 valence electrons. The second kappa shape index (κ2) is 7.87. The number of hydrogen-bond donors (Lipinski definition) is 1. The molecule has 0 aromatic carbocycles. The maximum Gasteiger partial charge on any atom is 0.305 e. The second-order valence-corrected chi connectivity index (χ2v) is 8.19. The molecule has 1 unspecified atom stereocenters. The molecule has 1 N–H and O–H groups in total. The third-order valence-electron chi connectivity index (χ3n) is 3.13. The Hall–Kier alpha value is -0.760. The van der Waals surface area contributed by atoms with E-state index in [1.54, 1.807) is 0 Å². The summed E-state index contributed by atoms with van der Waals surface area (Å²) in [5.41, 5.74) is 0. The number of carbonyl (C=O) groups excluding carboxylic acids is 1. The van der Waals surface area contributed by atoms with Gasteiger partial charge in [-0.25, -0.2) is 8.42 Å². The number of carbonyl (C=O) groups is 2. The summed E-state index contributed by atoms with van der Waals surface area (Å²) in [6.45, 7) is 2.17. The zero-order chi connectivity index (χ0) is 15.2. The predicted octanol–water partition coefficient (Wildman–Crippen LogP) is 0.620. The van der Waals surface area contributed by atoms with Crippen LogP contribution in [0, 0.1) is 0 Å². The van der Waals surface area contributed by atoms with Gasteiger partial charge in [-0.15, -0.1) is 0 Å². The molecule has 0 bridgehead atoms. The Kier molecular flexibility index (Phi) is 6.81. The maximum atomic E-state index is 12.1. The SMILES string of the molecule is CCCCSCC(=O)N1CCS(=O)(=O)CC1CC(=O)O. The summed E-state index contributed by atoms with van der Waals surface area (Å²) in [4.78, 5) is 24.3. The van der Waals surface area contributed by atoms with E-state index in [-0.39, 0.29) is 36.1 Å². The van der Waals surface area contributed by atoms with Crippen LogP contribution in [0.3, 0.4) is 0 Å². The van der Waals surface area contributed by atoms with Gasteiger partial charge in [0.25, 0.3) is 0 Å². The first-order valence-electron chi connectivity index (χ1n) is 6.65. The standard InChI is InChI=1S/C12H21NO5S2/c1-2-3-5-19-8-11(14)13-4-6-20(17,18)9-10(13)7-12(15)16/h10H,2-9H2,1H3,(H,15,16). The number of rotatable bonds is 7. The van der Waals surface area contributed by atoms with Crippen LogP contribution in [0.5, 0.6) is 0 Å². The minimum atomic E-state index is -3.24. The fourth-order valence-corrected chi connectivity index (χ4v) is 4.58. The number of sulfone groups is 1. The van der Waals surface area contributed by atoms with Gasteiger partial charge >= 0.3 is 5.97 Å². The van der Waals surface area contributed by atoms with Crippen LogP contribution >= 0.6 is 11.8 Å². The number of hydrogen-bond acceptors (Lipinski definition) is 5. The number of nitrogens with zero attached hydrogens (tertiary/aromatic N) is 1. The van der Waals surface area contributed by atoms with Crippen molar-refractivity contribution in [3.63, 3.8) is 0 Å². The van der Waals surface area contributed by atoms with Crippen molar-refractivity contribution >= 4 is 33.5 Å². The Morgan fingerprint density at radius 2 is 2.10 bits per heavy atom. The normalized spacial score (nSPS) is 21.6. The number of thioether (sulfide) groups is 1. The molecule has 0 aliphatic carbocycles. The molecule has 20 heavy (non-hydrogen) atoms. The number of unbranched alkanes of at least 4 members (excludes halogenated alkanes) is 1. The molecule has 1 rings (SSSR count). The molecule has 1 atom stereocenters. The van der Waals surface area contributed by atoms with Crippen molar-refractivity contribution in [2.45, 2.75) is 32.2 Å². The number of amides is 1. The van der Waals surface area contributed by atoms with E-state index in [9.17, 15) is 18.0 Å². The van der Waals surface area contributed by atoms with E-state index in [4.69, 9.17) is 5.11 Å². The summed E-state index contributed by atoms with van der Waals surface area (Å²) in [5, 5.41) is 8.84. The molecular weight excluding hydrogens is 302 g/mol. The van der Waals surface area contributed by atoms with Crippen LogP contribution in [0.15, 0.2) is 0 Å². The van der Waals surface area contributed by atoms with E-state index in [0.29, 0.717) is 0 Å². The van der Waals surface area contributed by atoms with Gasteiger partial charge in [-0.2, -0.15) is 11.8 Å². The lowest BCUT2D eigenvalue weighted by molar-refractivity contribution is -0.139. The van der Waals surface area contributed by atoms with Crippen molar-refractivity contribution in [1.82, 2.24) is 4.90 Å². The van der Waals surface area contributed by atoms with Gasteiger partial charge in [-0.05, 0) is 12.2 Å². The maximum absolute atomic E-state index is 12.1. The molecule has 0 saturated carbocycles. The lowest BCUT2D eigenvalue weighted by Crippen LogP contribution is -2.52. The van der Waals surface area contributed by atoms with Crippen LogP contribution in [-0.2, 0) is 19.4 Å². The van der Waals surface area contributed by atoms with E-state index in [2.05, 4.69) is 6.92 Å². The molecule has 1 aliphatic rings. The van der Waals surface area contributed by atoms with Gasteiger partial charge in [-0.1, -0.05) is 13.3 Å². The fourth-order valence-electron chi connectivity index (χ4n) is 2.07. The smallest absolute Gasteiger partial charge is 0.305 e. The average Bonchev–Trinajstić information content (AvgIpc) is 2.32. The van der Waals surface area contributed by atoms with Gasteiger partial charge in [-0.3, -0.25) is 9.59 Å². The minimum Gasteiger partial charge on any atom is -0.481 e. The Balaban J connectivity index is 2.60. The highest BCUT2D eigenvalue weighted by Crippen LogP contribution is 2.17. The molecule has 0 radical (unpaired) electrons. The highest BCUT2D eigenvalue weighted by atomic mass is 32.2. The monoisotopic (exact) mass is 323 g/mol. The zero-order valence-electron chi connectivity index (χ0n) is 11.6. The molecule has 0 aromatic heterocycles. The van der Waals surface area contributed by atoms with Gasteiger partial charge in [0.05, 0.1) is 29.7 Å². The van der Waals surface area contributed by atoms with Crippen LogP contribution in [0.2, 0.25) is 0 Å². The zero-order valence-corrected chi connectivity index (χ0v) is 13.2. The second-order valence-electron chi connectivity index (χ2n) is 4.86. The summed E-state index contributed by atoms with van der Waals surface area (Å²) < 4.78 is 23.1. The molecule has 1 aliphatic heterocycles. The van der Waals surface area contributed by atoms with Crippen LogP contribution in [0.1, 0.15) is 26.2 Å². The van der Waals surface area contributed by atoms with Crippen LogP contribution < -0.4 is 0 Å². The lowest BCUT2D eigenvalue weighted by Gasteiger charge is -2.34. The van der Waals surface area contributed by atoms with Gasteiger partial charge < -0.3 is 10.0 Å². The molecule has 1 heterocycles. The van der Waals surface area contributed by atoms with Gasteiger partial charge in [0.1, 0.15) is 0 Å². The van der Waals surface area contributed by atoms with Gasteiger partial charge in [0.15, 0.2) is 9.84 Å². The van der Waals surface area contributed by atoms with E-state index in [1.807, 2.05) is 0 Å². The average molecular weight is 323 g/mol. The van der Waals surface area contributed by atoms with Gasteiger partial charge in [0.2, 0.25) is 5.91 Å². The van der Waals surface area contributed by atoms with E-state index in [1.165, 1.54) is 16.7 Å². The van der Waals surface area contributed by atoms with Crippen molar-refractivity contribution in [1.29, 1.82) is 0 Å². The lowest BCUT2D eigenvalue weighted by atomic mass is 10.2. The third-order valence-corrected chi connectivity index (χ3v) is 5.85. The van der Waals surface area contributed by atoms with E-state index < -0.39 is 21.8 Å². The number of carboxylic acid groups (broad SMARTS) is 1. The third kappa shape index (κ3) is 5.70. The summed E-state index contributed by atoms with van der Waals surface area (Å²) in [6.07, 6.45) is 1.78. The van der Waals surface area contributed by atoms with Crippen LogP contribution in [-0.4, -0.2) is 65.9 Å². The van der Waals surface area contributed by atoms with Crippen molar-refractivity contribution in [2.75, 3.05) is 29.6 Å². The first-order valence-corrected chi connectivity index (χ1v) is 9.62. The topological polar surface area (TPSA) is 91.8 Å². The molecule has 1 fully saturated rings. The van der Waals surface area contributed by atoms with Crippen LogP contribution in [0.4, 0.5) is 0 Å². The molecular formula is C12H21NO5S2. The summed E-state index contributed by atoms with van der Waals surface area (Å²) >= 11 is 1.51. The molecule has 8 heteroatoms. The highest BCUT2D eigenvalue weighted by Gasteiger charge is 2.35.